The summed E-state index contributed by atoms with van der Waals surface area (Å²) in [6.07, 6.45) is 0. The highest BCUT2D eigenvalue weighted by atomic mass is 16.5. The smallest absolute Gasteiger partial charge is 0.238 e. The van der Waals surface area contributed by atoms with Gasteiger partial charge in [0.2, 0.25) is 5.91 Å². The number of nitrogens with zero attached hydrogens (tertiary/aromatic N) is 2. The van der Waals surface area contributed by atoms with Crippen molar-refractivity contribution in [2.24, 2.45) is 0 Å². The number of benzene rings is 1. The van der Waals surface area contributed by atoms with E-state index in [1.807, 2.05) is 0 Å². The molecule has 2 rings (SSSR count). The highest BCUT2D eigenvalue weighted by molar-refractivity contribution is 5.81. The highest BCUT2D eigenvalue weighted by Gasteiger charge is 2.27. The first-order valence-corrected chi connectivity index (χ1v) is 7.04. The van der Waals surface area contributed by atoms with Gasteiger partial charge in [0.15, 0.2) is 0 Å². The molecule has 2 N–H and O–H groups in total. The molecular weight excluding hydrogens is 268 g/mol. The van der Waals surface area contributed by atoms with Gasteiger partial charge in [-0.1, -0.05) is 0 Å². The fraction of sp³-hybridized carbons (Fsp3) is 0.467. The second-order valence-corrected chi connectivity index (χ2v) is 4.85. The van der Waals surface area contributed by atoms with E-state index in [2.05, 4.69) is 21.6 Å². The number of likely N-dealkylation sites (N-methyl/N-ethyl adjacent to an activating group) is 1. The van der Waals surface area contributed by atoms with E-state index < -0.39 is 0 Å². The van der Waals surface area contributed by atoms with Gasteiger partial charge in [-0.3, -0.25) is 9.69 Å². The van der Waals surface area contributed by atoms with Gasteiger partial charge in [0, 0.05) is 33.2 Å². The molecule has 6 nitrogen and oxygen atoms in total. The summed E-state index contributed by atoms with van der Waals surface area (Å²) in [5.74, 6) is 0.765. The predicted octanol–water partition coefficient (Wildman–Crippen LogP) is -0.0431. The Morgan fingerprint density at radius 3 is 2.95 bits per heavy atom. The lowest BCUT2D eigenvalue weighted by atomic mass is 10.2. The summed E-state index contributed by atoms with van der Waals surface area (Å²) in [7, 11) is 1.66. The summed E-state index contributed by atoms with van der Waals surface area (Å²) in [5, 5.41) is 14.7. The average Bonchev–Trinajstić information content (AvgIpc) is 2.55. The molecule has 1 aliphatic rings. The van der Waals surface area contributed by atoms with Crippen LogP contribution in [0.5, 0.6) is 5.75 Å². The summed E-state index contributed by atoms with van der Waals surface area (Å²) in [6, 6.07) is 8.95. The lowest BCUT2D eigenvalue weighted by molar-refractivity contribution is -0.126. The van der Waals surface area contributed by atoms with Crippen LogP contribution in [0, 0.1) is 11.3 Å². The molecule has 1 amide bonds. The summed E-state index contributed by atoms with van der Waals surface area (Å²) >= 11 is 0. The minimum absolute atomic E-state index is 0.0283. The lowest BCUT2D eigenvalue weighted by Gasteiger charge is -2.34. The quantitative estimate of drug-likeness (QED) is 0.795. The third-order valence-corrected chi connectivity index (χ3v) is 3.53. The molecule has 21 heavy (non-hydrogen) atoms. The minimum Gasteiger partial charge on any atom is -0.492 e. The second kappa shape index (κ2) is 7.62. The molecular formula is C15H20N4O2. The average molecular weight is 288 g/mol. The zero-order valence-electron chi connectivity index (χ0n) is 12.1. The molecule has 0 aromatic heterocycles. The fourth-order valence-corrected chi connectivity index (χ4v) is 2.35. The van der Waals surface area contributed by atoms with E-state index >= 15 is 0 Å². The first-order chi connectivity index (χ1) is 10.2. The number of nitrogens with one attached hydrogen (secondary N) is 2. The normalized spacial score (nSPS) is 18.8. The first kappa shape index (κ1) is 15.3. The maximum atomic E-state index is 11.8. The Labute approximate surface area is 124 Å². The van der Waals surface area contributed by atoms with Gasteiger partial charge in [-0.2, -0.15) is 5.26 Å². The van der Waals surface area contributed by atoms with Crippen LogP contribution < -0.4 is 15.4 Å². The van der Waals surface area contributed by atoms with Crippen molar-refractivity contribution in [3.05, 3.63) is 29.8 Å². The van der Waals surface area contributed by atoms with Crippen molar-refractivity contribution in [2.45, 2.75) is 6.04 Å². The van der Waals surface area contributed by atoms with Crippen molar-refractivity contribution in [2.75, 3.05) is 39.8 Å². The summed E-state index contributed by atoms with van der Waals surface area (Å²) in [6.45, 7) is 3.58. The molecule has 1 saturated heterocycles. The van der Waals surface area contributed by atoms with Gasteiger partial charge in [0.1, 0.15) is 18.4 Å². The Hall–Kier alpha value is -2.10. The van der Waals surface area contributed by atoms with Crippen molar-refractivity contribution < 1.29 is 9.53 Å². The Morgan fingerprint density at radius 2 is 2.29 bits per heavy atom. The van der Waals surface area contributed by atoms with E-state index in [1.54, 1.807) is 31.3 Å². The number of carbonyl (C=O) groups is 1. The number of hydrogen-bond acceptors (Lipinski definition) is 5. The molecule has 0 radical (unpaired) electrons. The molecule has 1 aromatic rings. The van der Waals surface area contributed by atoms with Crippen LogP contribution >= 0.6 is 0 Å². The molecule has 112 valence electrons. The van der Waals surface area contributed by atoms with E-state index in [0.29, 0.717) is 25.3 Å². The molecule has 0 spiro atoms. The zero-order valence-corrected chi connectivity index (χ0v) is 12.1. The van der Waals surface area contributed by atoms with Gasteiger partial charge < -0.3 is 15.4 Å². The van der Waals surface area contributed by atoms with E-state index in [-0.39, 0.29) is 11.9 Å². The number of ether oxygens (including phenoxy) is 1. The maximum absolute atomic E-state index is 11.8. The van der Waals surface area contributed by atoms with Gasteiger partial charge in [-0.05, 0) is 24.3 Å². The van der Waals surface area contributed by atoms with Crippen molar-refractivity contribution >= 4 is 5.91 Å². The van der Waals surface area contributed by atoms with Gasteiger partial charge >= 0.3 is 0 Å². The summed E-state index contributed by atoms with van der Waals surface area (Å²) < 4.78 is 5.67. The molecule has 1 unspecified atom stereocenters. The number of hydrogen-bond donors (Lipinski definition) is 2. The molecule has 0 aliphatic carbocycles. The van der Waals surface area contributed by atoms with Crippen LogP contribution in [0.4, 0.5) is 0 Å². The maximum Gasteiger partial charge on any atom is 0.238 e. The number of piperazine rings is 1. The number of nitriles is 1. The van der Waals surface area contributed by atoms with Gasteiger partial charge in [-0.15, -0.1) is 0 Å². The van der Waals surface area contributed by atoms with Gasteiger partial charge in [0.05, 0.1) is 11.6 Å². The van der Waals surface area contributed by atoms with E-state index in [9.17, 15) is 4.79 Å². The SMILES string of the molecule is CNC(=O)C1CNCCN1CCOc1ccc(C#N)cc1. The number of amides is 1. The minimum atomic E-state index is -0.145. The molecule has 6 heteroatoms. The predicted molar refractivity (Wildman–Crippen MR) is 78.9 cm³/mol. The highest BCUT2D eigenvalue weighted by Crippen LogP contribution is 2.12. The van der Waals surface area contributed by atoms with Crippen molar-refractivity contribution in [1.82, 2.24) is 15.5 Å². The molecule has 1 heterocycles. The van der Waals surface area contributed by atoms with Gasteiger partial charge in [-0.25, -0.2) is 0 Å². The monoisotopic (exact) mass is 288 g/mol. The lowest BCUT2D eigenvalue weighted by Crippen LogP contribution is -2.58. The van der Waals surface area contributed by atoms with Crippen molar-refractivity contribution in [3.63, 3.8) is 0 Å². The molecule has 1 aliphatic heterocycles. The van der Waals surface area contributed by atoms with Crippen LogP contribution in [0.25, 0.3) is 0 Å². The van der Waals surface area contributed by atoms with Crippen molar-refractivity contribution in [1.29, 1.82) is 5.26 Å². The zero-order chi connectivity index (χ0) is 15.1. The van der Waals surface area contributed by atoms with Crippen molar-refractivity contribution in [3.8, 4) is 11.8 Å². The van der Waals surface area contributed by atoms with Crippen LogP contribution in [-0.2, 0) is 4.79 Å². The van der Waals surface area contributed by atoms with Crippen LogP contribution in [-0.4, -0.2) is 56.7 Å². The van der Waals surface area contributed by atoms with E-state index in [1.165, 1.54) is 0 Å². The summed E-state index contributed by atoms with van der Waals surface area (Å²) in [4.78, 5) is 13.9. The second-order valence-electron chi connectivity index (χ2n) is 4.85. The molecule has 1 aromatic carbocycles. The summed E-state index contributed by atoms with van der Waals surface area (Å²) in [5.41, 5.74) is 0.615. The van der Waals surface area contributed by atoms with E-state index in [4.69, 9.17) is 10.00 Å². The Kier molecular flexibility index (Phi) is 5.55. The molecule has 0 bridgehead atoms. The van der Waals surface area contributed by atoms with Crippen LogP contribution in [0.1, 0.15) is 5.56 Å². The standard InChI is InChI=1S/C15H20N4O2/c1-17-15(20)14-11-18-6-7-19(14)8-9-21-13-4-2-12(10-16)3-5-13/h2-5,14,18H,6-9,11H2,1H3,(H,17,20). The molecule has 1 atom stereocenters. The Morgan fingerprint density at radius 1 is 1.52 bits per heavy atom. The number of carbonyl (C=O) groups excluding carboxylic acids is 1. The number of rotatable bonds is 5. The third kappa shape index (κ3) is 4.18. The van der Waals surface area contributed by atoms with Gasteiger partial charge in [0.25, 0.3) is 0 Å². The molecule has 0 saturated carbocycles. The fourth-order valence-electron chi connectivity index (χ4n) is 2.35. The van der Waals surface area contributed by atoms with Crippen LogP contribution in [0.15, 0.2) is 24.3 Å². The Bertz CT molecular complexity index is 509. The topological polar surface area (TPSA) is 77.4 Å². The van der Waals surface area contributed by atoms with Crippen LogP contribution in [0.3, 0.4) is 0 Å². The third-order valence-electron chi connectivity index (χ3n) is 3.53. The van der Waals surface area contributed by atoms with E-state index in [0.717, 1.165) is 18.8 Å². The Balaban J connectivity index is 1.83. The first-order valence-electron chi connectivity index (χ1n) is 7.04. The largest absolute Gasteiger partial charge is 0.492 e. The molecule has 1 fully saturated rings. The van der Waals surface area contributed by atoms with Crippen LogP contribution in [0.2, 0.25) is 0 Å².